The summed E-state index contributed by atoms with van der Waals surface area (Å²) in [6.45, 7) is 0.0354. The highest BCUT2D eigenvalue weighted by atomic mass is 16.5. The molecular formula is C10H14N6O2. The summed E-state index contributed by atoms with van der Waals surface area (Å²) < 4.78 is 7.54. The molecule has 4 N–H and O–H groups in total. The largest absolute Gasteiger partial charge is 0.394 e. The second kappa shape index (κ2) is 4.48. The van der Waals surface area contributed by atoms with Crippen LogP contribution < -0.4 is 11.3 Å². The van der Waals surface area contributed by atoms with E-state index in [2.05, 4.69) is 20.4 Å². The Balaban J connectivity index is 1.98. The predicted molar refractivity (Wildman–Crippen MR) is 63.4 cm³/mol. The van der Waals surface area contributed by atoms with Crippen LogP contribution in [-0.4, -0.2) is 37.3 Å². The van der Waals surface area contributed by atoms with Gasteiger partial charge in [0.1, 0.15) is 12.6 Å². The van der Waals surface area contributed by atoms with Gasteiger partial charge in [0, 0.05) is 0 Å². The lowest BCUT2D eigenvalue weighted by Gasteiger charge is -2.13. The van der Waals surface area contributed by atoms with Crippen LogP contribution in [0.2, 0.25) is 0 Å². The van der Waals surface area contributed by atoms with E-state index in [0.29, 0.717) is 17.0 Å². The molecule has 1 aliphatic rings. The fourth-order valence-electron chi connectivity index (χ4n) is 2.19. The van der Waals surface area contributed by atoms with E-state index in [-0.39, 0.29) is 18.9 Å². The van der Waals surface area contributed by atoms with Gasteiger partial charge in [0.05, 0.1) is 19.0 Å². The van der Waals surface area contributed by atoms with Gasteiger partial charge in [-0.15, -0.1) is 0 Å². The number of hydrogen-bond donors (Lipinski definition) is 3. The third-order valence-electron chi connectivity index (χ3n) is 3.09. The molecule has 18 heavy (non-hydrogen) atoms. The van der Waals surface area contributed by atoms with Gasteiger partial charge < -0.3 is 15.3 Å². The van der Waals surface area contributed by atoms with E-state index in [1.54, 1.807) is 6.33 Å². The first-order chi connectivity index (χ1) is 8.83. The van der Waals surface area contributed by atoms with Gasteiger partial charge in [0.15, 0.2) is 17.0 Å². The number of hydrogen-bond acceptors (Lipinski definition) is 7. The molecule has 2 aromatic rings. The van der Waals surface area contributed by atoms with Crippen LogP contribution in [0.5, 0.6) is 0 Å². The van der Waals surface area contributed by atoms with Crippen LogP contribution in [0.1, 0.15) is 19.1 Å². The summed E-state index contributed by atoms with van der Waals surface area (Å²) in [6.07, 6.45) is 4.48. The van der Waals surface area contributed by atoms with Gasteiger partial charge in [-0.25, -0.2) is 20.8 Å². The van der Waals surface area contributed by atoms with Gasteiger partial charge in [0.25, 0.3) is 0 Å². The quantitative estimate of drug-likeness (QED) is 0.510. The van der Waals surface area contributed by atoms with Crippen molar-refractivity contribution < 1.29 is 9.84 Å². The fourth-order valence-corrected chi connectivity index (χ4v) is 2.19. The maximum Gasteiger partial charge on any atom is 0.171 e. The van der Waals surface area contributed by atoms with E-state index in [4.69, 9.17) is 15.7 Å². The lowest BCUT2D eigenvalue weighted by atomic mass is 10.2. The van der Waals surface area contributed by atoms with Gasteiger partial charge in [-0.1, -0.05) is 0 Å². The molecule has 0 unspecified atom stereocenters. The van der Waals surface area contributed by atoms with E-state index in [9.17, 15) is 0 Å². The van der Waals surface area contributed by atoms with E-state index < -0.39 is 0 Å². The van der Waals surface area contributed by atoms with Crippen molar-refractivity contribution in [3.63, 3.8) is 0 Å². The Kier molecular flexibility index (Phi) is 2.82. The number of aliphatic hydroxyl groups is 1. The number of nitrogens with two attached hydrogens (primary N) is 1. The third-order valence-corrected chi connectivity index (χ3v) is 3.09. The summed E-state index contributed by atoms with van der Waals surface area (Å²) in [5.74, 6) is 5.85. The Hall–Kier alpha value is -1.77. The van der Waals surface area contributed by atoms with E-state index in [0.717, 1.165) is 12.8 Å². The van der Waals surface area contributed by atoms with Gasteiger partial charge >= 0.3 is 0 Å². The fraction of sp³-hybridized carbons (Fsp3) is 0.500. The van der Waals surface area contributed by atoms with Crippen molar-refractivity contribution in [3.8, 4) is 0 Å². The average Bonchev–Trinajstić information content (AvgIpc) is 3.03. The Labute approximate surface area is 103 Å². The van der Waals surface area contributed by atoms with Crippen LogP contribution in [0.4, 0.5) is 5.82 Å². The zero-order valence-electron chi connectivity index (χ0n) is 9.65. The Bertz CT molecular complexity index is 556. The lowest BCUT2D eigenvalue weighted by molar-refractivity contribution is -0.0207. The number of fused-ring (bicyclic) bond motifs is 1. The molecule has 8 nitrogen and oxygen atoms in total. The lowest BCUT2D eigenvalue weighted by Crippen LogP contribution is -2.14. The molecule has 0 radical (unpaired) electrons. The second-order valence-electron chi connectivity index (χ2n) is 4.16. The molecule has 0 amide bonds. The first-order valence-corrected chi connectivity index (χ1v) is 5.74. The Morgan fingerprint density at radius 3 is 3.06 bits per heavy atom. The van der Waals surface area contributed by atoms with Crippen molar-refractivity contribution in [1.82, 2.24) is 19.5 Å². The number of hydrazine groups is 1. The van der Waals surface area contributed by atoms with Crippen LogP contribution in [0, 0.1) is 0 Å². The number of ether oxygens (including phenoxy) is 1. The molecular weight excluding hydrogens is 236 g/mol. The third kappa shape index (κ3) is 1.70. The summed E-state index contributed by atoms with van der Waals surface area (Å²) in [7, 11) is 0. The van der Waals surface area contributed by atoms with Crippen LogP contribution >= 0.6 is 0 Å². The maximum absolute atomic E-state index is 9.07. The van der Waals surface area contributed by atoms with Crippen LogP contribution in [0.15, 0.2) is 12.7 Å². The highest BCUT2D eigenvalue weighted by Gasteiger charge is 2.27. The van der Waals surface area contributed by atoms with Gasteiger partial charge in [-0.3, -0.25) is 4.57 Å². The van der Waals surface area contributed by atoms with Crippen molar-refractivity contribution in [1.29, 1.82) is 0 Å². The number of aliphatic hydroxyl groups excluding tert-OH is 1. The van der Waals surface area contributed by atoms with Crippen molar-refractivity contribution >= 4 is 17.0 Å². The monoisotopic (exact) mass is 250 g/mol. The SMILES string of the molecule is NNc1ncnc2c1ncn2[C@H]1CC[C@@H](CO)O1. The minimum atomic E-state index is -0.146. The number of nitrogens with zero attached hydrogens (tertiary/aromatic N) is 4. The number of rotatable bonds is 3. The number of imidazole rings is 1. The Morgan fingerprint density at radius 1 is 1.44 bits per heavy atom. The maximum atomic E-state index is 9.07. The molecule has 0 aromatic carbocycles. The number of nitrogens with one attached hydrogen (secondary N) is 1. The van der Waals surface area contributed by atoms with E-state index >= 15 is 0 Å². The highest BCUT2D eigenvalue weighted by Crippen LogP contribution is 2.30. The first kappa shape index (κ1) is 11.3. The molecule has 1 fully saturated rings. The van der Waals surface area contributed by atoms with Gasteiger partial charge in [0.2, 0.25) is 0 Å². The highest BCUT2D eigenvalue weighted by molar-refractivity contribution is 5.82. The normalized spacial score (nSPS) is 23.7. The van der Waals surface area contributed by atoms with E-state index in [1.807, 2.05) is 4.57 Å². The summed E-state index contributed by atoms with van der Waals surface area (Å²) in [5, 5.41) is 9.07. The predicted octanol–water partition coefficient (Wildman–Crippen LogP) is -0.218. The zero-order chi connectivity index (χ0) is 12.5. The van der Waals surface area contributed by atoms with Crippen molar-refractivity contribution in [2.45, 2.75) is 25.2 Å². The first-order valence-electron chi connectivity index (χ1n) is 5.74. The zero-order valence-corrected chi connectivity index (χ0v) is 9.65. The summed E-state index contributed by atoms with van der Waals surface area (Å²) in [6, 6.07) is 0. The minimum absolute atomic E-state index is 0.0354. The molecule has 1 aliphatic heterocycles. The topological polar surface area (TPSA) is 111 Å². The van der Waals surface area contributed by atoms with Gasteiger partial charge in [-0.05, 0) is 12.8 Å². The number of nitrogen functional groups attached to an aromatic ring is 1. The van der Waals surface area contributed by atoms with Crippen molar-refractivity contribution in [2.24, 2.45) is 5.84 Å². The molecule has 0 spiro atoms. The average molecular weight is 250 g/mol. The molecule has 0 saturated carbocycles. The summed E-state index contributed by atoms with van der Waals surface area (Å²) in [4.78, 5) is 12.4. The molecule has 2 atom stereocenters. The molecule has 3 rings (SSSR count). The van der Waals surface area contributed by atoms with Crippen LogP contribution in [-0.2, 0) is 4.74 Å². The van der Waals surface area contributed by atoms with E-state index in [1.165, 1.54) is 6.33 Å². The Morgan fingerprint density at radius 2 is 2.33 bits per heavy atom. The van der Waals surface area contributed by atoms with Crippen molar-refractivity contribution in [2.75, 3.05) is 12.0 Å². The van der Waals surface area contributed by atoms with Crippen molar-refractivity contribution in [3.05, 3.63) is 12.7 Å². The molecule has 1 saturated heterocycles. The standard InChI is InChI=1S/C10H14N6O2/c11-15-9-8-10(13-4-12-9)16(5-14-8)7-2-1-6(3-17)18-7/h4-7,17H,1-3,11H2,(H,12,13,15)/t6-,7+/m0/s1. The molecule has 3 heterocycles. The van der Waals surface area contributed by atoms with Crippen LogP contribution in [0.3, 0.4) is 0 Å². The van der Waals surface area contributed by atoms with Crippen LogP contribution in [0.25, 0.3) is 11.2 Å². The smallest absolute Gasteiger partial charge is 0.171 e. The molecule has 2 aromatic heterocycles. The summed E-state index contributed by atoms with van der Waals surface area (Å²) in [5.41, 5.74) is 3.76. The molecule has 8 heteroatoms. The molecule has 0 bridgehead atoms. The number of anilines is 1. The molecule has 0 aliphatic carbocycles. The summed E-state index contributed by atoms with van der Waals surface area (Å²) >= 11 is 0. The van der Waals surface area contributed by atoms with Gasteiger partial charge in [-0.2, -0.15) is 0 Å². The second-order valence-corrected chi connectivity index (χ2v) is 4.16. The molecule has 96 valence electrons. The minimum Gasteiger partial charge on any atom is -0.394 e. The number of aromatic nitrogens is 4.